The minimum atomic E-state index is 0.172. The maximum Gasteiger partial charge on any atom is 0.126 e. The first-order chi connectivity index (χ1) is 11.6. The molecule has 0 spiro atoms. The van der Waals surface area contributed by atoms with Crippen LogP contribution in [0.2, 0.25) is 0 Å². The molecule has 0 bridgehead atoms. The molecule has 24 heavy (non-hydrogen) atoms. The molecule has 0 amide bonds. The quantitative estimate of drug-likeness (QED) is 0.232. The van der Waals surface area contributed by atoms with Gasteiger partial charge in [-0.2, -0.15) is 0 Å². The average molecular weight is 337 g/mol. The van der Waals surface area contributed by atoms with Gasteiger partial charge >= 0.3 is 0 Å². The Kier molecular flexibility index (Phi) is 11.3. The highest BCUT2D eigenvalue weighted by molar-refractivity contribution is 5.57. The van der Waals surface area contributed by atoms with Crippen LogP contribution >= 0.6 is 0 Å². The molecule has 0 aromatic rings. The van der Waals surface area contributed by atoms with Gasteiger partial charge in [0.05, 0.1) is 0 Å². The molecule has 0 aliphatic heterocycles. The first kappa shape index (κ1) is 21.4. The van der Waals surface area contributed by atoms with Crippen molar-refractivity contribution in [3.05, 3.63) is 11.6 Å². The second-order valence-electron chi connectivity index (χ2n) is 8.28. The summed E-state index contributed by atoms with van der Waals surface area (Å²) >= 11 is 0. The zero-order valence-electron chi connectivity index (χ0n) is 16.2. The molecule has 1 aliphatic carbocycles. The van der Waals surface area contributed by atoms with Crippen molar-refractivity contribution in [3.8, 4) is 0 Å². The number of unbranched alkanes of at least 4 members (excludes halogenated alkanes) is 10. The van der Waals surface area contributed by atoms with Gasteiger partial charge in [-0.05, 0) is 37.5 Å². The molecule has 1 aliphatic rings. The lowest BCUT2D eigenvalue weighted by molar-refractivity contribution is -0.110. The van der Waals surface area contributed by atoms with Gasteiger partial charge in [-0.1, -0.05) is 83.3 Å². The normalized spacial score (nSPS) is 20.0. The Labute approximate surface area is 150 Å². The molecule has 0 radical (unpaired) electrons. The SMILES string of the molecule is CC1(C)CCC(C=O)C=C1CCCCCCCCCCCCCO. The van der Waals surface area contributed by atoms with Gasteiger partial charge in [0, 0.05) is 12.5 Å². The standard InChI is InChI=1S/C22H40O2/c1-22(2)16-15-20(19-24)18-21(22)14-12-10-8-6-4-3-5-7-9-11-13-17-23/h18-20,23H,3-17H2,1-2H3. The Balaban J connectivity index is 2.00. The van der Waals surface area contributed by atoms with Crippen LogP contribution in [0, 0.1) is 11.3 Å². The average Bonchev–Trinajstić information content (AvgIpc) is 2.57. The van der Waals surface area contributed by atoms with Gasteiger partial charge in [-0.3, -0.25) is 0 Å². The van der Waals surface area contributed by atoms with E-state index in [1.165, 1.54) is 76.2 Å². The number of aliphatic hydroxyl groups is 1. The highest BCUT2D eigenvalue weighted by Crippen LogP contribution is 2.40. The van der Waals surface area contributed by atoms with Gasteiger partial charge in [0.2, 0.25) is 0 Å². The van der Waals surface area contributed by atoms with Crippen LogP contribution in [0.3, 0.4) is 0 Å². The summed E-state index contributed by atoms with van der Waals surface area (Å²) in [6, 6.07) is 0. The lowest BCUT2D eigenvalue weighted by Gasteiger charge is -2.34. The fourth-order valence-corrected chi connectivity index (χ4v) is 3.80. The third-order valence-electron chi connectivity index (χ3n) is 5.67. The van der Waals surface area contributed by atoms with Gasteiger partial charge in [-0.25, -0.2) is 0 Å². The van der Waals surface area contributed by atoms with E-state index >= 15 is 0 Å². The lowest BCUT2D eigenvalue weighted by Crippen LogP contribution is -2.22. The molecule has 0 heterocycles. The summed E-state index contributed by atoms with van der Waals surface area (Å²) in [6.07, 6.45) is 21.0. The van der Waals surface area contributed by atoms with Crippen molar-refractivity contribution in [3.63, 3.8) is 0 Å². The molecule has 2 heteroatoms. The second kappa shape index (κ2) is 12.7. The number of carbonyl (C=O) groups excluding carboxylic acids is 1. The molecule has 0 saturated carbocycles. The number of allylic oxidation sites excluding steroid dienone is 2. The Morgan fingerprint density at radius 3 is 1.96 bits per heavy atom. The minimum absolute atomic E-state index is 0.172. The predicted molar refractivity (Wildman–Crippen MR) is 103 cm³/mol. The summed E-state index contributed by atoms with van der Waals surface area (Å²) in [5.41, 5.74) is 1.82. The maximum atomic E-state index is 11.0. The van der Waals surface area contributed by atoms with Crippen LogP contribution in [-0.2, 0) is 4.79 Å². The molecule has 1 atom stereocenters. The van der Waals surface area contributed by atoms with E-state index in [-0.39, 0.29) is 5.92 Å². The van der Waals surface area contributed by atoms with E-state index in [0.29, 0.717) is 12.0 Å². The fourth-order valence-electron chi connectivity index (χ4n) is 3.80. The van der Waals surface area contributed by atoms with Crippen LogP contribution in [0.25, 0.3) is 0 Å². The van der Waals surface area contributed by atoms with Crippen LogP contribution in [0.5, 0.6) is 0 Å². The van der Waals surface area contributed by atoms with Crippen molar-refractivity contribution in [1.82, 2.24) is 0 Å². The number of aldehydes is 1. The fraction of sp³-hybridized carbons (Fsp3) is 0.864. The molecule has 0 aromatic carbocycles. The summed E-state index contributed by atoms with van der Waals surface area (Å²) < 4.78 is 0. The monoisotopic (exact) mass is 336 g/mol. The van der Waals surface area contributed by atoms with E-state index in [0.717, 1.165) is 25.5 Å². The van der Waals surface area contributed by atoms with Gasteiger partial charge in [-0.15, -0.1) is 0 Å². The molecular weight excluding hydrogens is 296 g/mol. The third-order valence-corrected chi connectivity index (χ3v) is 5.67. The van der Waals surface area contributed by atoms with Crippen molar-refractivity contribution in [2.75, 3.05) is 6.61 Å². The molecule has 1 rings (SSSR count). The lowest BCUT2D eigenvalue weighted by atomic mass is 9.71. The van der Waals surface area contributed by atoms with E-state index < -0.39 is 0 Å². The first-order valence-electron chi connectivity index (χ1n) is 10.4. The third kappa shape index (κ3) is 9.01. The Bertz CT molecular complexity index is 357. The van der Waals surface area contributed by atoms with E-state index in [4.69, 9.17) is 5.11 Å². The first-order valence-corrected chi connectivity index (χ1v) is 10.4. The molecule has 0 saturated heterocycles. The zero-order chi connectivity index (χ0) is 17.7. The smallest absolute Gasteiger partial charge is 0.126 e. The maximum absolute atomic E-state index is 11.0. The molecular formula is C22H40O2. The molecule has 140 valence electrons. The summed E-state index contributed by atoms with van der Waals surface area (Å²) in [4.78, 5) is 11.0. The van der Waals surface area contributed by atoms with E-state index in [1.54, 1.807) is 0 Å². The van der Waals surface area contributed by atoms with Crippen LogP contribution < -0.4 is 0 Å². The Hall–Kier alpha value is -0.630. The number of aliphatic hydroxyl groups excluding tert-OH is 1. The number of hydrogen-bond donors (Lipinski definition) is 1. The summed E-state index contributed by atoms with van der Waals surface area (Å²) in [5.74, 6) is 0.172. The molecule has 1 N–H and O–H groups in total. The summed E-state index contributed by atoms with van der Waals surface area (Å²) in [7, 11) is 0. The van der Waals surface area contributed by atoms with Crippen molar-refractivity contribution in [1.29, 1.82) is 0 Å². The van der Waals surface area contributed by atoms with Crippen LogP contribution in [0.15, 0.2) is 11.6 Å². The van der Waals surface area contributed by atoms with E-state index in [2.05, 4.69) is 19.9 Å². The molecule has 0 aromatic heterocycles. The number of carbonyl (C=O) groups is 1. The highest BCUT2D eigenvalue weighted by atomic mass is 16.2. The van der Waals surface area contributed by atoms with E-state index in [1.807, 2.05) is 0 Å². The Morgan fingerprint density at radius 2 is 1.46 bits per heavy atom. The predicted octanol–water partition coefficient (Wildman–Crippen LogP) is 6.22. The van der Waals surface area contributed by atoms with Crippen LogP contribution in [-0.4, -0.2) is 18.0 Å². The molecule has 2 nitrogen and oxygen atoms in total. The summed E-state index contributed by atoms with van der Waals surface area (Å²) in [5, 5.41) is 8.73. The van der Waals surface area contributed by atoms with Gasteiger partial charge in [0.25, 0.3) is 0 Å². The van der Waals surface area contributed by atoms with Crippen LogP contribution in [0.4, 0.5) is 0 Å². The topological polar surface area (TPSA) is 37.3 Å². The highest BCUT2D eigenvalue weighted by Gasteiger charge is 2.28. The number of rotatable bonds is 14. The van der Waals surface area contributed by atoms with Gasteiger partial charge in [0.15, 0.2) is 0 Å². The largest absolute Gasteiger partial charge is 0.396 e. The van der Waals surface area contributed by atoms with Crippen molar-refractivity contribution >= 4 is 6.29 Å². The molecule has 1 unspecified atom stereocenters. The van der Waals surface area contributed by atoms with Gasteiger partial charge in [0.1, 0.15) is 6.29 Å². The zero-order valence-corrected chi connectivity index (χ0v) is 16.2. The van der Waals surface area contributed by atoms with Crippen molar-refractivity contribution < 1.29 is 9.90 Å². The minimum Gasteiger partial charge on any atom is -0.396 e. The van der Waals surface area contributed by atoms with E-state index in [9.17, 15) is 4.79 Å². The van der Waals surface area contributed by atoms with Gasteiger partial charge < -0.3 is 9.90 Å². The Morgan fingerprint density at radius 1 is 0.958 bits per heavy atom. The van der Waals surface area contributed by atoms with Crippen molar-refractivity contribution in [2.24, 2.45) is 11.3 Å². The number of hydrogen-bond acceptors (Lipinski definition) is 2. The molecule has 0 fully saturated rings. The second-order valence-corrected chi connectivity index (χ2v) is 8.28. The van der Waals surface area contributed by atoms with Crippen molar-refractivity contribution in [2.45, 2.75) is 104 Å². The van der Waals surface area contributed by atoms with Crippen LogP contribution in [0.1, 0.15) is 104 Å². The summed E-state index contributed by atoms with van der Waals surface area (Å²) in [6.45, 7) is 5.02.